The molecule has 1 saturated carbocycles. The molecule has 3 rings (SSSR count). The second-order valence-corrected chi connectivity index (χ2v) is 7.85. The molecule has 1 aromatic rings. The highest BCUT2D eigenvalue weighted by Gasteiger charge is 2.25. The number of carbonyl (C=O) groups is 1. The van der Waals surface area contributed by atoms with Gasteiger partial charge in [0.1, 0.15) is 11.5 Å². The fraction of sp³-hybridized carbons (Fsp3) is 0.636. The Morgan fingerprint density at radius 3 is 2.47 bits per heavy atom. The smallest absolute Gasteiger partial charge is 0.220 e. The van der Waals surface area contributed by atoms with Gasteiger partial charge in [0.15, 0.2) is 5.96 Å². The van der Waals surface area contributed by atoms with Crippen molar-refractivity contribution in [1.82, 2.24) is 16.0 Å². The van der Waals surface area contributed by atoms with Gasteiger partial charge in [-0.15, -0.1) is 0 Å². The van der Waals surface area contributed by atoms with Crippen LogP contribution < -0.4 is 30.3 Å². The molecule has 1 aliphatic carbocycles. The molecule has 166 valence electrons. The number of guanidine groups is 1. The lowest BCUT2D eigenvalue weighted by Crippen LogP contribution is -2.44. The summed E-state index contributed by atoms with van der Waals surface area (Å²) in [5.74, 6) is 2.55. The van der Waals surface area contributed by atoms with Crippen molar-refractivity contribution in [1.29, 1.82) is 0 Å². The maximum atomic E-state index is 11.8. The normalized spacial score (nSPS) is 18.8. The molecule has 0 radical (unpaired) electrons. The molecule has 30 heavy (non-hydrogen) atoms. The number of hydrogen-bond donors (Lipinski definition) is 3. The Morgan fingerprint density at radius 2 is 1.83 bits per heavy atom. The number of nitrogens with zero attached hydrogens (tertiary/aromatic N) is 2. The van der Waals surface area contributed by atoms with Crippen molar-refractivity contribution < 1.29 is 14.3 Å². The Morgan fingerprint density at radius 1 is 1.10 bits per heavy atom. The van der Waals surface area contributed by atoms with E-state index >= 15 is 0 Å². The zero-order valence-corrected chi connectivity index (χ0v) is 18.4. The monoisotopic (exact) mass is 417 g/mol. The van der Waals surface area contributed by atoms with Crippen LogP contribution in [0.4, 0.5) is 5.69 Å². The molecule has 1 atom stereocenters. The minimum absolute atomic E-state index is 0.144. The summed E-state index contributed by atoms with van der Waals surface area (Å²) >= 11 is 0. The molecule has 1 amide bonds. The number of rotatable bonds is 10. The average molecular weight is 418 g/mol. The van der Waals surface area contributed by atoms with Crippen LogP contribution in [0.1, 0.15) is 39.0 Å². The topological polar surface area (TPSA) is 87.2 Å². The van der Waals surface area contributed by atoms with E-state index in [0.717, 1.165) is 68.5 Å². The Bertz CT molecular complexity index is 713. The molecule has 0 aromatic heterocycles. The maximum absolute atomic E-state index is 11.8. The number of anilines is 1. The number of methoxy groups -OCH3 is 2. The number of amides is 1. The van der Waals surface area contributed by atoms with E-state index in [4.69, 9.17) is 9.47 Å². The van der Waals surface area contributed by atoms with E-state index in [2.05, 4.69) is 32.8 Å². The average Bonchev–Trinajstić information content (AvgIpc) is 3.44. The molecule has 1 aliphatic heterocycles. The van der Waals surface area contributed by atoms with Gasteiger partial charge in [0.2, 0.25) is 5.91 Å². The van der Waals surface area contributed by atoms with Gasteiger partial charge in [0.25, 0.3) is 0 Å². The molecular formula is C22H35N5O3. The highest BCUT2D eigenvalue weighted by atomic mass is 16.5. The minimum Gasteiger partial charge on any atom is -0.497 e. The summed E-state index contributed by atoms with van der Waals surface area (Å²) in [5, 5.41) is 9.87. The number of aliphatic imine (C=N–C) groups is 1. The second-order valence-electron chi connectivity index (χ2n) is 7.85. The Hall–Kier alpha value is -2.64. The number of benzene rings is 1. The van der Waals surface area contributed by atoms with Crippen LogP contribution in [0, 0.1) is 0 Å². The van der Waals surface area contributed by atoms with E-state index in [0.29, 0.717) is 25.0 Å². The number of carbonyl (C=O) groups excluding carboxylic acids is 1. The summed E-state index contributed by atoms with van der Waals surface area (Å²) in [5.41, 5.74) is 1.10. The number of hydrogen-bond acceptors (Lipinski definition) is 5. The van der Waals surface area contributed by atoms with E-state index in [9.17, 15) is 4.79 Å². The van der Waals surface area contributed by atoms with Gasteiger partial charge in [-0.25, -0.2) is 0 Å². The van der Waals surface area contributed by atoms with Crippen molar-refractivity contribution in [3.8, 4) is 11.5 Å². The summed E-state index contributed by atoms with van der Waals surface area (Å²) in [7, 11) is 3.34. The third-order valence-electron chi connectivity index (χ3n) is 5.35. The molecule has 0 spiro atoms. The van der Waals surface area contributed by atoms with Crippen molar-refractivity contribution in [2.45, 2.75) is 51.1 Å². The molecule has 2 fully saturated rings. The Labute approximate surface area is 179 Å². The number of nitrogens with one attached hydrogen (secondary N) is 3. The van der Waals surface area contributed by atoms with Crippen LogP contribution >= 0.6 is 0 Å². The first kappa shape index (κ1) is 22.1. The fourth-order valence-corrected chi connectivity index (χ4v) is 3.56. The predicted molar refractivity (Wildman–Crippen MR) is 120 cm³/mol. The SMILES string of the molecule is CCNC(=NCCCC(=O)NC1CC1)NC1CCN(c2cc(OC)cc(OC)c2)C1. The summed E-state index contributed by atoms with van der Waals surface area (Å²) in [4.78, 5) is 18.8. The molecule has 2 aliphatic rings. The molecule has 8 heteroatoms. The molecule has 1 saturated heterocycles. The first-order valence-corrected chi connectivity index (χ1v) is 10.9. The lowest BCUT2D eigenvalue weighted by Gasteiger charge is -2.21. The van der Waals surface area contributed by atoms with Crippen LogP contribution in [-0.2, 0) is 4.79 Å². The van der Waals surface area contributed by atoms with E-state index in [-0.39, 0.29) is 5.91 Å². The van der Waals surface area contributed by atoms with E-state index in [1.807, 2.05) is 18.2 Å². The van der Waals surface area contributed by atoms with Gasteiger partial charge in [-0.1, -0.05) is 0 Å². The highest BCUT2D eigenvalue weighted by Crippen LogP contribution is 2.30. The molecular weight excluding hydrogens is 382 g/mol. The summed E-state index contributed by atoms with van der Waals surface area (Å²) in [6.07, 6.45) is 4.57. The van der Waals surface area contributed by atoms with Crippen molar-refractivity contribution in [2.75, 3.05) is 45.3 Å². The van der Waals surface area contributed by atoms with Gasteiger partial charge in [0.05, 0.1) is 14.2 Å². The Kier molecular flexibility index (Phi) is 8.04. The van der Waals surface area contributed by atoms with Gasteiger partial charge in [-0.05, 0) is 32.6 Å². The van der Waals surface area contributed by atoms with Crippen LogP contribution in [0.15, 0.2) is 23.2 Å². The van der Waals surface area contributed by atoms with Gasteiger partial charge in [0, 0.05) is 68.6 Å². The molecule has 1 aromatic carbocycles. The van der Waals surface area contributed by atoms with E-state index < -0.39 is 0 Å². The van der Waals surface area contributed by atoms with Crippen LogP contribution in [0.3, 0.4) is 0 Å². The predicted octanol–water partition coefficient (Wildman–Crippen LogP) is 1.90. The molecule has 8 nitrogen and oxygen atoms in total. The van der Waals surface area contributed by atoms with Gasteiger partial charge < -0.3 is 30.3 Å². The van der Waals surface area contributed by atoms with Crippen LogP contribution in [0.5, 0.6) is 11.5 Å². The summed E-state index contributed by atoms with van der Waals surface area (Å²) < 4.78 is 10.8. The fourth-order valence-electron chi connectivity index (χ4n) is 3.56. The molecule has 1 heterocycles. The molecule has 3 N–H and O–H groups in total. The third kappa shape index (κ3) is 6.71. The quantitative estimate of drug-likeness (QED) is 0.306. The lowest BCUT2D eigenvalue weighted by molar-refractivity contribution is -0.121. The van der Waals surface area contributed by atoms with E-state index in [1.54, 1.807) is 14.2 Å². The number of ether oxygens (including phenoxy) is 2. The van der Waals surface area contributed by atoms with Gasteiger partial charge in [-0.3, -0.25) is 9.79 Å². The second kappa shape index (κ2) is 10.9. The van der Waals surface area contributed by atoms with Crippen LogP contribution in [0.25, 0.3) is 0 Å². The van der Waals surface area contributed by atoms with Crippen LogP contribution in [-0.4, -0.2) is 64.3 Å². The Balaban J connectivity index is 1.49. The summed E-state index contributed by atoms with van der Waals surface area (Å²) in [6, 6.07) is 6.69. The maximum Gasteiger partial charge on any atom is 0.220 e. The van der Waals surface area contributed by atoms with E-state index in [1.165, 1.54) is 0 Å². The highest BCUT2D eigenvalue weighted by molar-refractivity contribution is 5.80. The zero-order chi connectivity index (χ0) is 21.3. The van der Waals surface area contributed by atoms with Crippen molar-refractivity contribution in [2.24, 2.45) is 4.99 Å². The molecule has 1 unspecified atom stereocenters. The lowest BCUT2D eigenvalue weighted by atomic mass is 10.2. The first-order chi connectivity index (χ1) is 14.6. The standard InChI is InChI=1S/C22H35N5O3/c1-4-23-22(24-10-5-6-21(28)25-16-7-8-16)26-17-9-11-27(15-17)18-12-19(29-2)14-20(13-18)30-3/h12-14,16-17H,4-11,15H2,1-3H3,(H,25,28)(H2,23,24,26). The zero-order valence-electron chi connectivity index (χ0n) is 18.4. The van der Waals surface area contributed by atoms with Gasteiger partial charge in [-0.2, -0.15) is 0 Å². The third-order valence-corrected chi connectivity index (χ3v) is 5.35. The van der Waals surface area contributed by atoms with Gasteiger partial charge >= 0.3 is 0 Å². The van der Waals surface area contributed by atoms with Crippen molar-refractivity contribution >= 4 is 17.6 Å². The van der Waals surface area contributed by atoms with Crippen molar-refractivity contribution in [3.05, 3.63) is 18.2 Å². The largest absolute Gasteiger partial charge is 0.497 e. The first-order valence-electron chi connectivity index (χ1n) is 10.9. The molecule has 0 bridgehead atoms. The van der Waals surface area contributed by atoms with Crippen molar-refractivity contribution in [3.63, 3.8) is 0 Å². The van der Waals surface area contributed by atoms with Crippen LogP contribution in [0.2, 0.25) is 0 Å². The summed E-state index contributed by atoms with van der Waals surface area (Å²) in [6.45, 7) is 5.33. The minimum atomic E-state index is 0.144.